The minimum atomic E-state index is -0.257. The van der Waals surface area contributed by atoms with Gasteiger partial charge in [0, 0.05) is 24.5 Å². The number of hydrogen-bond donors (Lipinski definition) is 3. The third-order valence-electron chi connectivity index (χ3n) is 5.70. The van der Waals surface area contributed by atoms with Gasteiger partial charge in [0.2, 0.25) is 0 Å². The molecule has 2 aliphatic rings. The first-order valence-electron chi connectivity index (χ1n) is 8.66. The topological polar surface area (TPSA) is 98.3 Å². The predicted molar refractivity (Wildman–Crippen MR) is 96.0 cm³/mol. The molecule has 4 rings (SSSR count). The van der Waals surface area contributed by atoms with E-state index in [2.05, 4.69) is 15.3 Å². The molecule has 0 bridgehead atoms. The lowest BCUT2D eigenvalue weighted by Gasteiger charge is -2.50. The third-order valence-corrected chi connectivity index (χ3v) is 6.89. The molecule has 0 aromatic carbocycles. The zero-order valence-corrected chi connectivity index (χ0v) is 15.0. The maximum absolute atomic E-state index is 13.1. The third kappa shape index (κ3) is 2.59. The molecular formula is C17H22N4O3S. The van der Waals surface area contributed by atoms with E-state index in [1.54, 1.807) is 6.92 Å². The number of amides is 1. The molecule has 0 radical (unpaired) electrons. The number of hydrogen-bond acceptors (Lipinski definition) is 6. The Morgan fingerprint density at radius 2 is 2.40 bits per heavy atom. The molecule has 2 aliphatic heterocycles. The van der Waals surface area contributed by atoms with Gasteiger partial charge in [0.15, 0.2) is 0 Å². The van der Waals surface area contributed by atoms with Gasteiger partial charge in [0.1, 0.15) is 4.83 Å². The fraction of sp³-hybridized carbons (Fsp3) is 0.588. The standard InChI is InChI=1S/C17H22N4O3S/c1-10-12-14(23)19-9-20-15(12)25-13(10)16(24)21-6-3-11-17(7-21,8-22)4-2-5-18-11/h9,11,18,22H,2-8H2,1H3,(H,19,20,23)/t11?,17-/m1/s1. The minimum Gasteiger partial charge on any atom is -0.396 e. The van der Waals surface area contributed by atoms with Crippen molar-refractivity contribution in [1.29, 1.82) is 0 Å². The van der Waals surface area contributed by atoms with Gasteiger partial charge in [-0.2, -0.15) is 0 Å². The maximum atomic E-state index is 13.1. The second kappa shape index (κ2) is 6.19. The van der Waals surface area contributed by atoms with Crippen LogP contribution in [0.25, 0.3) is 10.2 Å². The molecule has 2 aromatic heterocycles. The Bertz CT molecular complexity index is 876. The fourth-order valence-electron chi connectivity index (χ4n) is 4.29. The summed E-state index contributed by atoms with van der Waals surface area (Å²) in [5.41, 5.74) is 0.230. The Balaban J connectivity index is 1.66. The van der Waals surface area contributed by atoms with Gasteiger partial charge < -0.3 is 20.3 Å². The largest absolute Gasteiger partial charge is 0.396 e. The molecule has 0 saturated carbocycles. The lowest BCUT2D eigenvalue weighted by Crippen LogP contribution is -2.62. The number of aromatic nitrogens is 2. The van der Waals surface area contributed by atoms with Crippen LogP contribution in [-0.4, -0.2) is 58.2 Å². The van der Waals surface area contributed by atoms with Crippen molar-refractivity contribution in [1.82, 2.24) is 20.2 Å². The first-order valence-corrected chi connectivity index (χ1v) is 9.48. The van der Waals surface area contributed by atoms with Crippen LogP contribution in [0.3, 0.4) is 0 Å². The summed E-state index contributed by atoms with van der Waals surface area (Å²) in [4.78, 5) is 34.9. The normalized spacial score (nSPS) is 26.6. The summed E-state index contributed by atoms with van der Waals surface area (Å²) >= 11 is 1.28. The Morgan fingerprint density at radius 3 is 3.16 bits per heavy atom. The van der Waals surface area contributed by atoms with E-state index in [0.29, 0.717) is 33.7 Å². The van der Waals surface area contributed by atoms with Crippen LogP contribution in [-0.2, 0) is 0 Å². The van der Waals surface area contributed by atoms with Crippen molar-refractivity contribution >= 4 is 27.5 Å². The second-order valence-corrected chi connectivity index (χ2v) is 8.11. The summed E-state index contributed by atoms with van der Waals surface area (Å²) in [5.74, 6) is -0.0586. The van der Waals surface area contributed by atoms with Crippen LogP contribution >= 0.6 is 11.3 Å². The number of aliphatic hydroxyl groups excluding tert-OH is 1. The van der Waals surface area contributed by atoms with Gasteiger partial charge in [-0.15, -0.1) is 11.3 Å². The van der Waals surface area contributed by atoms with E-state index in [9.17, 15) is 14.7 Å². The number of nitrogens with one attached hydrogen (secondary N) is 2. The lowest BCUT2D eigenvalue weighted by atomic mass is 9.71. The molecular weight excluding hydrogens is 340 g/mol. The summed E-state index contributed by atoms with van der Waals surface area (Å²) in [6.07, 6.45) is 4.15. The molecule has 2 atom stereocenters. The van der Waals surface area contributed by atoms with Gasteiger partial charge in [0.25, 0.3) is 11.5 Å². The Hall–Kier alpha value is -1.77. The number of aromatic amines is 1. The van der Waals surface area contributed by atoms with Crippen LogP contribution in [0.4, 0.5) is 0 Å². The van der Waals surface area contributed by atoms with Gasteiger partial charge >= 0.3 is 0 Å². The van der Waals surface area contributed by atoms with E-state index < -0.39 is 0 Å². The molecule has 2 fully saturated rings. The number of thiophene rings is 1. The van der Waals surface area contributed by atoms with Crippen LogP contribution in [0.2, 0.25) is 0 Å². The van der Waals surface area contributed by atoms with Crippen molar-refractivity contribution < 1.29 is 9.90 Å². The van der Waals surface area contributed by atoms with E-state index in [0.717, 1.165) is 25.8 Å². The van der Waals surface area contributed by atoms with E-state index in [1.807, 2.05) is 4.90 Å². The number of nitrogens with zero attached hydrogens (tertiary/aromatic N) is 2. The number of likely N-dealkylation sites (tertiary alicyclic amines) is 1. The molecule has 25 heavy (non-hydrogen) atoms. The number of carbonyl (C=O) groups excluding carboxylic acids is 1. The second-order valence-electron chi connectivity index (χ2n) is 7.11. The molecule has 134 valence electrons. The summed E-state index contributed by atoms with van der Waals surface area (Å²) in [6.45, 7) is 4.08. The Labute approximate surface area is 149 Å². The van der Waals surface area contributed by atoms with Gasteiger partial charge in [-0.1, -0.05) is 0 Å². The van der Waals surface area contributed by atoms with Crippen molar-refractivity contribution in [2.45, 2.75) is 32.2 Å². The van der Waals surface area contributed by atoms with Crippen LogP contribution < -0.4 is 10.9 Å². The maximum Gasteiger partial charge on any atom is 0.264 e. The predicted octanol–water partition coefficient (Wildman–Crippen LogP) is 0.870. The number of piperidine rings is 2. The number of aryl methyl sites for hydroxylation is 1. The van der Waals surface area contributed by atoms with E-state index in [1.165, 1.54) is 17.7 Å². The summed E-state index contributed by atoms with van der Waals surface area (Å²) < 4.78 is 0. The Kier molecular flexibility index (Phi) is 4.13. The first-order chi connectivity index (χ1) is 12.1. The summed E-state index contributed by atoms with van der Waals surface area (Å²) in [6, 6.07) is 0.267. The molecule has 0 aliphatic carbocycles. The number of rotatable bonds is 2. The monoisotopic (exact) mass is 362 g/mol. The zero-order chi connectivity index (χ0) is 17.6. The van der Waals surface area contributed by atoms with Crippen molar-refractivity contribution in [2.24, 2.45) is 5.41 Å². The molecule has 0 spiro atoms. The molecule has 8 heteroatoms. The fourth-order valence-corrected chi connectivity index (χ4v) is 5.41. The molecule has 2 saturated heterocycles. The van der Waals surface area contributed by atoms with E-state index in [4.69, 9.17) is 0 Å². The van der Waals surface area contributed by atoms with Gasteiger partial charge in [-0.3, -0.25) is 9.59 Å². The molecule has 7 nitrogen and oxygen atoms in total. The number of aliphatic hydroxyl groups is 1. The van der Waals surface area contributed by atoms with Crippen LogP contribution in [0.15, 0.2) is 11.1 Å². The SMILES string of the molecule is Cc1c(C(=O)N2CCC3NCCC[C@]3(CO)C2)sc2nc[nH]c(=O)c12. The highest BCUT2D eigenvalue weighted by Crippen LogP contribution is 2.38. The van der Waals surface area contributed by atoms with Gasteiger partial charge in [-0.25, -0.2) is 4.98 Å². The molecule has 4 heterocycles. The average molecular weight is 362 g/mol. The highest BCUT2D eigenvalue weighted by atomic mass is 32.1. The quantitative estimate of drug-likeness (QED) is 0.736. The molecule has 1 amide bonds. The Morgan fingerprint density at radius 1 is 1.56 bits per heavy atom. The van der Waals surface area contributed by atoms with Crippen LogP contribution in [0.5, 0.6) is 0 Å². The number of H-pyrrole nitrogens is 1. The molecule has 2 aromatic rings. The van der Waals surface area contributed by atoms with Crippen LogP contribution in [0, 0.1) is 12.3 Å². The lowest BCUT2D eigenvalue weighted by molar-refractivity contribution is -0.0136. The molecule has 3 N–H and O–H groups in total. The van der Waals surface area contributed by atoms with Crippen molar-refractivity contribution in [3.05, 3.63) is 27.1 Å². The summed E-state index contributed by atoms with van der Waals surface area (Å²) in [7, 11) is 0. The highest BCUT2D eigenvalue weighted by Gasteiger charge is 2.45. The van der Waals surface area contributed by atoms with Crippen molar-refractivity contribution in [3.63, 3.8) is 0 Å². The minimum absolute atomic E-state index is 0.0586. The average Bonchev–Trinajstić information content (AvgIpc) is 2.98. The summed E-state index contributed by atoms with van der Waals surface area (Å²) in [5, 5.41) is 14.0. The number of fused-ring (bicyclic) bond motifs is 2. The van der Waals surface area contributed by atoms with Gasteiger partial charge in [-0.05, 0) is 38.3 Å². The van der Waals surface area contributed by atoms with E-state index in [-0.39, 0.29) is 29.5 Å². The van der Waals surface area contributed by atoms with E-state index >= 15 is 0 Å². The number of carbonyl (C=O) groups is 1. The smallest absolute Gasteiger partial charge is 0.264 e. The first kappa shape index (κ1) is 16.7. The van der Waals surface area contributed by atoms with Crippen molar-refractivity contribution in [3.8, 4) is 0 Å². The zero-order valence-electron chi connectivity index (χ0n) is 14.2. The van der Waals surface area contributed by atoms with Crippen LogP contribution in [0.1, 0.15) is 34.5 Å². The van der Waals surface area contributed by atoms with Crippen molar-refractivity contribution in [2.75, 3.05) is 26.2 Å². The molecule has 1 unspecified atom stereocenters. The van der Waals surface area contributed by atoms with Gasteiger partial charge in [0.05, 0.1) is 23.2 Å². The highest BCUT2D eigenvalue weighted by molar-refractivity contribution is 7.20.